The molecular weight excluding hydrogens is 276 g/mol. The van der Waals surface area contributed by atoms with Gasteiger partial charge in [0.05, 0.1) is 6.61 Å². The molecule has 0 N–H and O–H groups in total. The van der Waals surface area contributed by atoms with E-state index >= 15 is 0 Å². The minimum absolute atomic E-state index is 0.185. The molecule has 3 rings (SSSR count). The molecule has 0 aromatic heterocycles. The van der Waals surface area contributed by atoms with Gasteiger partial charge in [0.2, 0.25) is 0 Å². The van der Waals surface area contributed by atoms with E-state index in [4.69, 9.17) is 4.74 Å². The Morgan fingerprint density at radius 1 is 1.23 bits per heavy atom. The lowest BCUT2D eigenvalue weighted by atomic mass is 10.0. The molecule has 1 aromatic rings. The monoisotopic (exact) mass is 302 g/mol. The van der Waals surface area contributed by atoms with Gasteiger partial charge in [0.15, 0.2) is 0 Å². The minimum Gasteiger partial charge on any atom is -0.381 e. The van der Waals surface area contributed by atoms with Crippen LogP contribution in [-0.4, -0.2) is 61.6 Å². The van der Waals surface area contributed by atoms with E-state index in [-0.39, 0.29) is 5.91 Å². The second-order valence-corrected chi connectivity index (χ2v) is 6.57. The van der Waals surface area contributed by atoms with E-state index in [1.54, 1.807) is 0 Å². The molecule has 0 spiro atoms. The Morgan fingerprint density at radius 2 is 2.00 bits per heavy atom. The van der Waals surface area contributed by atoms with Crippen LogP contribution in [0.25, 0.3) is 0 Å². The molecular formula is C18H26N2O2. The Balaban J connectivity index is 1.56. The van der Waals surface area contributed by atoms with Gasteiger partial charge in [0.25, 0.3) is 5.91 Å². The van der Waals surface area contributed by atoms with Crippen LogP contribution in [-0.2, 0) is 4.74 Å². The topological polar surface area (TPSA) is 32.8 Å². The van der Waals surface area contributed by atoms with E-state index in [0.29, 0.717) is 5.92 Å². The van der Waals surface area contributed by atoms with E-state index < -0.39 is 0 Å². The molecule has 4 heteroatoms. The van der Waals surface area contributed by atoms with Crippen LogP contribution in [0.3, 0.4) is 0 Å². The Kier molecular flexibility index (Phi) is 4.79. The largest absolute Gasteiger partial charge is 0.381 e. The van der Waals surface area contributed by atoms with Gasteiger partial charge < -0.3 is 9.64 Å². The van der Waals surface area contributed by atoms with E-state index in [0.717, 1.165) is 57.1 Å². The zero-order chi connectivity index (χ0) is 15.5. The Labute approximate surface area is 133 Å². The van der Waals surface area contributed by atoms with Gasteiger partial charge in [-0.3, -0.25) is 9.69 Å². The third-order valence-electron chi connectivity index (χ3n) is 5.03. The summed E-state index contributed by atoms with van der Waals surface area (Å²) in [7, 11) is 0. The lowest BCUT2D eigenvalue weighted by Gasteiger charge is -2.36. The van der Waals surface area contributed by atoms with Gasteiger partial charge in [0, 0.05) is 44.9 Å². The molecule has 1 aromatic carbocycles. The van der Waals surface area contributed by atoms with Crippen molar-refractivity contribution in [1.82, 2.24) is 9.80 Å². The molecule has 1 atom stereocenters. The van der Waals surface area contributed by atoms with Crippen molar-refractivity contribution in [2.45, 2.75) is 20.3 Å². The van der Waals surface area contributed by atoms with Crippen molar-refractivity contribution in [3.63, 3.8) is 0 Å². The fraction of sp³-hybridized carbons (Fsp3) is 0.611. The van der Waals surface area contributed by atoms with Crippen molar-refractivity contribution in [1.29, 1.82) is 0 Å². The normalized spacial score (nSPS) is 23.0. The summed E-state index contributed by atoms with van der Waals surface area (Å²) in [6, 6.07) is 5.99. The van der Waals surface area contributed by atoms with Crippen LogP contribution in [0.5, 0.6) is 0 Å². The number of rotatable bonds is 3. The summed E-state index contributed by atoms with van der Waals surface area (Å²) < 4.78 is 5.45. The minimum atomic E-state index is 0.185. The third kappa shape index (κ3) is 3.33. The average molecular weight is 302 g/mol. The fourth-order valence-electron chi connectivity index (χ4n) is 3.38. The van der Waals surface area contributed by atoms with Gasteiger partial charge in [-0.15, -0.1) is 0 Å². The number of hydrogen-bond donors (Lipinski definition) is 0. The number of benzene rings is 1. The maximum Gasteiger partial charge on any atom is 0.254 e. The highest BCUT2D eigenvalue weighted by atomic mass is 16.5. The molecule has 2 heterocycles. The number of aryl methyl sites for hydroxylation is 1. The summed E-state index contributed by atoms with van der Waals surface area (Å²) in [6.45, 7) is 10.7. The fourth-order valence-corrected chi connectivity index (χ4v) is 3.38. The van der Waals surface area contributed by atoms with Crippen molar-refractivity contribution in [3.05, 3.63) is 34.9 Å². The van der Waals surface area contributed by atoms with Gasteiger partial charge in [-0.1, -0.05) is 12.1 Å². The number of carbonyl (C=O) groups excluding carboxylic acids is 1. The molecule has 0 bridgehead atoms. The van der Waals surface area contributed by atoms with Gasteiger partial charge >= 0.3 is 0 Å². The van der Waals surface area contributed by atoms with Gasteiger partial charge in [0.1, 0.15) is 0 Å². The maximum atomic E-state index is 12.7. The molecule has 0 aliphatic carbocycles. The van der Waals surface area contributed by atoms with Crippen molar-refractivity contribution in [3.8, 4) is 0 Å². The van der Waals surface area contributed by atoms with Crippen molar-refractivity contribution in [2.75, 3.05) is 45.9 Å². The standard InChI is InChI=1S/C18H26N2O2/c1-14-4-3-5-17(15(14)2)18(21)20-9-7-19(8-10-20)12-16-6-11-22-13-16/h3-5,16H,6-13H2,1-2H3/t16-/m1/s1. The third-order valence-corrected chi connectivity index (χ3v) is 5.03. The second-order valence-electron chi connectivity index (χ2n) is 6.57. The molecule has 1 amide bonds. The number of amides is 1. The molecule has 2 aliphatic rings. The van der Waals surface area contributed by atoms with Crippen LogP contribution in [0.15, 0.2) is 18.2 Å². The number of carbonyl (C=O) groups is 1. The SMILES string of the molecule is Cc1cccc(C(=O)N2CCN(C[C@H]3CCOC3)CC2)c1C. The number of piperazine rings is 1. The predicted octanol–water partition coefficient (Wildman–Crippen LogP) is 2.10. The maximum absolute atomic E-state index is 12.7. The summed E-state index contributed by atoms with van der Waals surface area (Å²) in [5.74, 6) is 0.867. The summed E-state index contributed by atoms with van der Waals surface area (Å²) in [6.07, 6.45) is 1.18. The van der Waals surface area contributed by atoms with E-state index in [2.05, 4.69) is 17.9 Å². The first kappa shape index (κ1) is 15.5. The van der Waals surface area contributed by atoms with Crippen LogP contribution in [0.2, 0.25) is 0 Å². The molecule has 2 aliphatic heterocycles. The summed E-state index contributed by atoms with van der Waals surface area (Å²) in [4.78, 5) is 17.2. The van der Waals surface area contributed by atoms with Crippen LogP contribution in [0, 0.1) is 19.8 Å². The lowest BCUT2D eigenvalue weighted by molar-refractivity contribution is 0.0610. The van der Waals surface area contributed by atoms with Crippen molar-refractivity contribution in [2.24, 2.45) is 5.92 Å². The summed E-state index contributed by atoms with van der Waals surface area (Å²) in [5.41, 5.74) is 3.15. The molecule has 4 nitrogen and oxygen atoms in total. The Bertz CT molecular complexity index is 530. The van der Waals surface area contributed by atoms with E-state index in [1.807, 2.05) is 24.0 Å². The first-order valence-corrected chi connectivity index (χ1v) is 8.30. The van der Waals surface area contributed by atoms with E-state index in [9.17, 15) is 4.79 Å². The van der Waals surface area contributed by atoms with Gasteiger partial charge in [-0.2, -0.15) is 0 Å². The molecule has 2 saturated heterocycles. The molecule has 0 unspecified atom stereocenters. The first-order chi connectivity index (χ1) is 10.6. The van der Waals surface area contributed by atoms with Crippen molar-refractivity contribution < 1.29 is 9.53 Å². The molecule has 0 radical (unpaired) electrons. The number of hydrogen-bond acceptors (Lipinski definition) is 3. The number of nitrogens with zero attached hydrogens (tertiary/aromatic N) is 2. The smallest absolute Gasteiger partial charge is 0.254 e. The Morgan fingerprint density at radius 3 is 2.68 bits per heavy atom. The van der Waals surface area contributed by atoms with Gasteiger partial charge in [-0.05, 0) is 43.4 Å². The second kappa shape index (κ2) is 6.80. The number of ether oxygens (including phenoxy) is 1. The highest BCUT2D eigenvalue weighted by Crippen LogP contribution is 2.18. The lowest BCUT2D eigenvalue weighted by Crippen LogP contribution is -2.50. The van der Waals surface area contributed by atoms with Crippen LogP contribution < -0.4 is 0 Å². The highest BCUT2D eigenvalue weighted by molar-refractivity contribution is 5.96. The molecule has 22 heavy (non-hydrogen) atoms. The zero-order valence-corrected chi connectivity index (χ0v) is 13.7. The summed E-state index contributed by atoms with van der Waals surface area (Å²) >= 11 is 0. The van der Waals surface area contributed by atoms with E-state index in [1.165, 1.54) is 12.0 Å². The zero-order valence-electron chi connectivity index (χ0n) is 13.7. The quantitative estimate of drug-likeness (QED) is 0.857. The summed E-state index contributed by atoms with van der Waals surface area (Å²) in [5, 5.41) is 0. The first-order valence-electron chi connectivity index (χ1n) is 8.30. The Hall–Kier alpha value is -1.39. The predicted molar refractivity (Wildman–Crippen MR) is 87.2 cm³/mol. The van der Waals surface area contributed by atoms with Crippen LogP contribution in [0.1, 0.15) is 27.9 Å². The molecule has 0 saturated carbocycles. The highest BCUT2D eigenvalue weighted by Gasteiger charge is 2.25. The van der Waals surface area contributed by atoms with Crippen molar-refractivity contribution >= 4 is 5.91 Å². The molecule has 2 fully saturated rings. The van der Waals surface area contributed by atoms with Crippen LogP contribution >= 0.6 is 0 Å². The van der Waals surface area contributed by atoms with Crippen LogP contribution in [0.4, 0.5) is 0 Å². The molecule has 120 valence electrons. The average Bonchev–Trinajstić information content (AvgIpc) is 3.03. The van der Waals surface area contributed by atoms with Gasteiger partial charge in [-0.25, -0.2) is 0 Å².